The van der Waals surface area contributed by atoms with Gasteiger partial charge in [0, 0.05) is 12.1 Å². The molecule has 0 aliphatic carbocycles. The van der Waals surface area contributed by atoms with Crippen LogP contribution >= 0.6 is 0 Å². The fourth-order valence-electron chi connectivity index (χ4n) is 1.55. The van der Waals surface area contributed by atoms with Gasteiger partial charge in [-0.05, 0) is 32.4 Å². The minimum absolute atomic E-state index is 0.0874. The van der Waals surface area contributed by atoms with E-state index in [2.05, 4.69) is 5.32 Å². The third-order valence-corrected chi connectivity index (χ3v) is 3.02. The second-order valence-corrected chi connectivity index (χ2v) is 4.60. The van der Waals surface area contributed by atoms with Crippen LogP contribution in [0.25, 0.3) is 0 Å². The van der Waals surface area contributed by atoms with Crippen molar-refractivity contribution in [3.05, 3.63) is 23.8 Å². The van der Waals surface area contributed by atoms with Gasteiger partial charge in [0.2, 0.25) is 0 Å². The van der Waals surface area contributed by atoms with E-state index in [1.165, 1.54) is 7.11 Å². The Bertz CT molecular complexity index is 473. The van der Waals surface area contributed by atoms with Crippen molar-refractivity contribution in [2.75, 3.05) is 7.11 Å². The third-order valence-electron chi connectivity index (χ3n) is 3.02. The van der Waals surface area contributed by atoms with Crippen molar-refractivity contribution in [1.29, 1.82) is 0 Å². The minimum Gasteiger partial charge on any atom is -0.497 e. The average Bonchev–Trinajstić information content (AvgIpc) is 2.46. The first-order valence-corrected chi connectivity index (χ1v) is 6.62. The van der Waals surface area contributed by atoms with Crippen LogP contribution in [0.5, 0.6) is 11.5 Å². The van der Waals surface area contributed by atoms with E-state index in [-0.39, 0.29) is 11.9 Å². The van der Waals surface area contributed by atoms with E-state index in [9.17, 15) is 9.59 Å². The Labute approximate surface area is 119 Å². The highest BCUT2D eigenvalue weighted by molar-refractivity contribution is 5.83. The molecule has 1 rings (SSSR count). The molecule has 0 saturated carbocycles. The summed E-state index contributed by atoms with van der Waals surface area (Å²) < 4.78 is 10.6. The van der Waals surface area contributed by atoms with Crippen molar-refractivity contribution in [3.63, 3.8) is 0 Å². The zero-order valence-corrected chi connectivity index (χ0v) is 12.3. The van der Waals surface area contributed by atoms with Crippen LogP contribution in [-0.4, -0.2) is 31.4 Å². The predicted molar refractivity (Wildman–Crippen MR) is 76.4 cm³/mol. The maximum atomic E-state index is 11.9. The Morgan fingerprint density at radius 3 is 2.65 bits per heavy atom. The maximum Gasteiger partial charge on any atom is 0.260 e. The van der Waals surface area contributed by atoms with E-state index in [4.69, 9.17) is 9.47 Å². The van der Waals surface area contributed by atoms with Crippen molar-refractivity contribution >= 4 is 12.2 Å². The smallest absolute Gasteiger partial charge is 0.260 e. The van der Waals surface area contributed by atoms with Gasteiger partial charge in [0.15, 0.2) is 12.4 Å². The lowest BCUT2D eigenvalue weighted by atomic mass is 10.2. The van der Waals surface area contributed by atoms with Crippen LogP contribution in [-0.2, 0) is 4.79 Å². The number of methoxy groups -OCH3 is 1. The molecule has 5 nitrogen and oxygen atoms in total. The zero-order valence-electron chi connectivity index (χ0n) is 12.3. The molecule has 110 valence electrons. The summed E-state index contributed by atoms with van der Waals surface area (Å²) >= 11 is 0. The summed E-state index contributed by atoms with van der Waals surface area (Å²) in [6, 6.07) is 4.95. The van der Waals surface area contributed by atoms with Gasteiger partial charge in [-0.25, -0.2) is 0 Å². The largest absolute Gasteiger partial charge is 0.497 e. The van der Waals surface area contributed by atoms with Gasteiger partial charge in [0.1, 0.15) is 11.5 Å². The van der Waals surface area contributed by atoms with E-state index in [0.717, 1.165) is 6.42 Å². The monoisotopic (exact) mass is 279 g/mol. The predicted octanol–water partition coefficient (Wildman–Crippen LogP) is 2.19. The van der Waals surface area contributed by atoms with Crippen LogP contribution in [0.2, 0.25) is 0 Å². The molecule has 0 fully saturated rings. The summed E-state index contributed by atoms with van der Waals surface area (Å²) in [5.74, 6) is 0.699. The Kier molecular flexibility index (Phi) is 6.03. The standard InChI is InChI=1S/C15H21NO4/c1-5-10(2)16-15(18)11(3)20-14-8-13(19-4)7-6-12(14)9-17/h6-11H,5H2,1-4H3,(H,16,18). The molecule has 1 aromatic rings. The number of amides is 1. The van der Waals surface area contributed by atoms with E-state index < -0.39 is 6.10 Å². The van der Waals surface area contributed by atoms with E-state index in [1.807, 2.05) is 13.8 Å². The SMILES string of the molecule is CCC(C)NC(=O)C(C)Oc1cc(OC)ccc1C=O. The highest BCUT2D eigenvalue weighted by atomic mass is 16.5. The van der Waals surface area contributed by atoms with Gasteiger partial charge in [0.05, 0.1) is 12.7 Å². The van der Waals surface area contributed by atoms with Gasteiger partial charge in [-0.3, -0.25) is 9.59 Å². The lowest BCUT2D eigenvalue weighted by Crippen LogP contribution is -2.41. The molecule has 1 amide bonds. The zero-order chi connectivity index (χ0) is 15.1. The van der Waals surface area contributed by atoms with Crippen molar-refractivity contribution in [3.8, 4) is 11.5 Å². The lowest BCUT2D eigenvalue weighted by molar-refractivity contribution is -0.127. The van der Waals surface area contributed by atoms with E-state index in [0.29, 0.717) is 23.3 Å². The molecule has 0 bridgehead atoms. The Morgan fingerprint density at radius 2 is 2.10 bits per heavy atom. The normalized spacial score (nSPS) is 13.2. The lowest BCUT2D eigenvalue weighted by Gasteiger charge is -2.18. The number of rotatable bonds is 7. The molecule has 5 heteroatoms. The van der Waals surface area contributed by atoms with Crippen LogP contribution in [0.1, 0.15) is 37.6 Å². The number of benzene rings is 1. The molecule has 0 radical (unpaired) electrons. The average molecular weight is 279 g/mol. The number of aldehydes is 1. The Balaban J connectivity index is 2.80. The van der Waals surface area contributed by atoms with E-state index >= 15 is 0 Å². The molecular formula is C15H21NO4. The number of hydrogen-bond acceptors (Lipinski definition) is 4. The van der Waals surface area contributed by atoms with Gasteiger partial charge in [0.25, 0.3) is 5.91 Å². The molecule has 0 aromatic heterocycles. The van der Waals surface area contributed by atoms with Crippen LogP contribution < -0.4 is 14.8 Å². The van der Waals surface area contributed by atoms with E-state index in [1.54, 1.807) is 25.1 Å². The molecule has 2 atom stereocenters. The second-order valence-electron chi connectivity index (χ2n) is 4.60. The fourth-order valence-corrected chi connectivity index (χ4v) is 1.55. The fraction of sp³-hybridized carbons (Fsp3) is 0.467. The summed E-state index contributed by atoms with van der Waals surface area (Å²) in [5.41, 5.74) is 0.383. The number of hydrogen-bond donors (Lipinski definition) is 1. The highest BCUT2D eigenvalue weighted by Gasteiger charge is 2.18. The molecule has 1 aromatic carbocycles. The Morgan fingerprint density at radius 1 is 1.40 bits per heavy atom. The number of nitrogens with one attached hydrogen (secondary N) is 1. The molecule has 1 N–H and O–H groups in total. The van der Waals surface area contributed by atoms with Gasteiger partial charge < -0.3 is 14.8 Å². The van der Waals surface area contributed by atoms with Crippen molar-refractivity contribution < 1.29 is 19.1 Å². The number of carbonyl (C=O) groups is 2. The molecule has 2 unspecified atom stereocenters. The summed E-state index contributed by atoms with van der Waals surface area (Å²) in [4.78, 5) is 22.9. The molecular weight excluding hydrogens is 258 g/mol. The molecule has 0 saturated heterocycles. The van der Waals surface area contributed by atoms with Gasteiger partial charge in [-0.2, -0.15) is 0 Å². The summed E-state index contributed by atoms with van der Waals surface area (Å²) in [5, 5.41) is 2.83. The quantitative estimate of drug-likeness (QED) is 0.777. The molecule has 0 aliphatic rings. The van der Waals surface area contributed by atoms with Crippen molar-refractivity contribution in [2.45, 2.75) is 39.3 Å². The van der Waals surface area contributed by atoms with Gasteiger partial charge in [-0.1, -0.05) is 6.92 Å². The summed E-state index contributed by atoms with van der Waals surface area (Å²) in [6.07, 6.45) is 0.848. The first-order valence-electron chi connectivity index (χ1n) is 6.62. The molecule has 0 heterocycles. The second kappa shape index (κ2) is 7.53. The number of ether oxygens (including phenoxy) is 2. The van der Waals surface area contributed by atoms with Crippen LogP contribution in [0.4, 0.5) is 0 Å². The van der Waals surface area contributed by atoms with Crippen LogP contribution in [0.3, 0.4) is 0 Å². The third kappa shape index (κ3) is 4.26. The van der Waals surface area contributed by atoms with Crippen LogP contribution in [0.15, 0.2) is 18.2 Å². The van der Waals surface area contributed by atoms with Gasteiger partial charge in [-0.15, -0.1) is 0 Å². The molecule has 0 spiro atoms. The Hall–Kier alpha value is -2.04. The number of carbonyl (C=O) groups excluding carboxylic acids is 2. The topological polar surface area (TPSA) is 64.6 Å². The van der Waals surface area contributed by atoms with Crippen LogP contribution in [0, 0.1) is 0 Å². The van der Waals surface area contributed by atoms with Crippen molar-refractivity contribution in [1.82, 2.24) is 5.32 Å². The maximum absolute atomic E-state index is 11.9. The summed E-state index contributed by atoms with van der Waals surface area (Å²) in [7, 11) is 1.53. The first-order chi connectivity index (χ1) is 9.51. The molecule has 0 aliphatic heterocycles. The van der Waals surface area contributed by atoms with Crippen molar-refractivity contribution in [2.24, 2.45) is 0 Å². The van der Waals surface area contributed by atoms with Gasteiger partial charge >= 0.3 is 0 Å². The first kappa shape index (κ1) is 16.0. The highest BCUT2D eigenvalue weighted by Crippen LogP contribution is 2.24. The minimum atomic E-state index is -0.685. The molecule has 20 heavy (non-hydrogen) atoms. The summed E-state index contributed by atoms with van der Waals surface area (Å²) in [6.45, 7) is 5.56.